The molecule has 0 aromatic heterocycles. The number of imide groups is 1. The van der Waals surface area contributed by atoms with Gasteiger partial charge < -0.3 is 24.0 Å². The van der Waals surface area contributed by atoms with Gasteiger partial charge in [-0.25, -0.2) is 4.79 Å². The summed E-state index contributed by atoms with van der Waals surface area (Å²) < 4.78 is 17.6. The number of ether oxygens (including phenoxy) is 3. The van der Waals surface area contributed by atoms with Crippen LogP contribution in [0.3, 0.4) is 0 Å². The number of amides is 3. The third kappa shape index (κ3) is 8.52. The third-order valence-electron chi connectivity index (χ3n) is 9.13. The van der Waals surface area contributed by atoms with Crippen molar-refractivity contribution in [3.63, 3.8) is 0 Å². The number of hydrogen-bond donors (Lipinski definition) is 0. The van der Waals surface area contributed by atoms with Crippen LogP contribution >= 0.6 is 0 Å². The van der Waals surface area contributed by atoms with Gasteiger partial charge in [0.1, 0.15) is 17.1 Å². The molecule has 10 heteroatoms. The number of benzene rings is 1. The SMILES string of the molecule is C=C1CCCC(=O)CCC1N1C(=O)c2ccc(OCCCCCN3CCC(OC4CN(C(=O)OC(C)(C)C)C4)CC3)cc2C1=O. The fourth-order valence-electron chi connectivity index (χ4n) is 6.57. The van der Waals surface area contributed by atoms with E-state index in [0.717, 1.165) is 57.3 Å². The van der Waals surface area contributed by atoms with E-state index in [0.29, 0.717) is 68.7 Å². The van der Waals surface area contributed by atoms with Crippen molar-refractivity contribution in [1.82, 2.24) is 14.7 Å². The van der Waals surface area contributed by atoms with Crippen LogP contribution in [0.1, 0.15) is 106 Å². The quantitative estimate of drug-likeness (QED) is 0.194. The standard InChI is InChI=1S/C35H49N3O7/c1-24-9-8-10-25(39)11-14-31(24)38-32(40)29-13-12-27(21-30(29)33(38)41)43-20-7-5-6-17-36-18-15-26(16-19-36)44-28-22-37(23-28)34(42)45-35(2,3)4/h12-13,21,26,28,31H,1,5-11,14-20,22-23H2,2-4H3. The van der Waals surface area contributed by atoms with Crippen LogP contribution in [0.4, 0.5) is 4.79 Å². The van der Waals surface area contributed by atoms with Crippen LogP contribution in [0.25, 0.3) is 0 Å². The number of hydrogen-bond acceptors (Lipinski definition) is 8. The lowest BCUT2D eigenvalue weighted by atomic mass is 9.91. The molecule has 4 aliphatic rings. The van der Waals surface area contributed by atoms with Gasteiger partial charge in [-0.2, -0.15) is 0 Å². The van der Waals surface area contributed by atoms with Gasteiger partial charge >= 0.3 is 6.09 Å². The monoisotopic (exact) mass is 623 g/mol. The van der Waals surface area contributed by atoms with Gasteiger partial charge in [0.25, 0.3) is 11.8 Å². The van der Waals surface area contributed by atoms with E-state index in [9.17, 15) is 19.2 Å². The molecule has 5 rings (SSSR count). The normalized spacial score (nSPS) is 22.2. The first-order valence-electron chi connectivity index (χ1n) is 16.7. The molecule has 0 N–H and O–H groups in total. The number of Topliss-reactive ketones (excluding diaryl/α,β-unsaturated/α-hetero) is 1. The van der Waals surface area contributed by atoms with Crippen molar-refractivity contribution in [1.29, 1.82) is 0 Å². The molecule has 0 radical (unpaired) electrons. The van der Waals surface area contributed by atoms with Crippen molar-refractivity contribution in [2.75, 3.05) is 39.3 Å². The maximum absolute atomic E-state index is 13.3. The topological polar surface area (TPSA) is 106 Å². The Morgan fingerprint density at radius 3 is 2.38 bits per heavy atom. The minimum absolute atomic E-state index is 0.107. The molecule has 1 atom stereocenters. The van der Waals surface area contributed by atoms with Gasteiger partial charge in [0, 0.05) is 25.9 Å². The molecule has 0 spiro atoms. The molecular weight excluding hydrogens is 574 g/mol. The summed E-state index contributed by atoms with van der Waals surface area (Å²) >= 11 is 0. The van der Waals surface area contributed by atoms with Crippen molar-refractivity contribution in [3.8, 4) is 5.75 Å². The molecule has 1 unspecified atom stereocenters. The van der Waals surface area contributed by atoms with Crippen molar-refractivity contribution in [2.45, 2.75) is 109 Å². The molecule has 1 aromatic carbocycles. The van der Waals surface area contributed by atoms with Gasteiger partial charge in [0.2, 0.25) is 0 Å². The highest BCUT2D eigenvalue weighted by molar-refractivity contribution is 6.22. The lowest BCUT2D eigenvalue weighted by molar-refractivity contribution is -0.119. The summed E-state index contributed by atoms with van der Waals surface area (Å²) in [4.78, 5) is 56.1. The maximum Gasteiger partial charge on any atom is 0.410 e. The van der Waals surface area contributed by atoms with Crippen molar-refractivity contribution in [3.05, 3.63) is 41.5 Å². The lowest BCUT2D eigenvalue weighted by Crippen LogP contribution is -2.57. The highest BCUT2D eigenvalue weighted by Gasteiger charge is 2.41. The van der Waals surface area contributed by atoms with Crippen molar-refractivity contribution in [2.24, 2.45) is 0 Å². The number of carbonyl (C=O) groups is 4. The molecule has 246 valence electrons. The summed E-state index contributed by atoms with van der Waals surface area (Å²) in [7, 11) is 0. The number of ketones is 1. The average Bonchev–Trinajstić information content (AvgIpc) is 3.20. The van der Waals surface area contributed by atoms with Gasteiger partial charge in [0.15, 0.2) is 0 Å². The Morgan fingerprint density at radius 2 is 1.64 bits per heavy atom. The Hall–Kier alpha value is -3.24. The second-order valence-corrected chi connectivity index (χ2v) is 13.9. The van der Waals surface area contributed by atoms with Gasteiger partial charge in [0.05, 0.1) is 49.1 Å². The summed E-state index contributed by atoms with van der Waals surface area (Å²) in [6, 6.07) is 4.67. The van der Waals surface area contributed by atoms with Gasteiger partial charge in [-0.1, -0.05) is 12.2 Å². The zero-order valence-corrected chi connectivity index (χ0v) is 27.2. The van der Waals surface area contributed by atoms with Crippen LogP contribution in [0.15, 0.2) is 30.4 Å². The molecule has 10 nitrogen and oxygen atoms in total. The number of likely N-dealkylation sites (tertiary alicyclic amines) is 2. The van der Waals surface area contributed by atoms with E-state index >= 15 is 0 Å². The molecule has 3 heterocycles. The Morgan fingerprint density at radius 1 is 0.911 bits per heavy atom. The number of carbonyl (C=O) groups excluding carboxylic acids is 4. The summed E-state index contributed by atoms with van der Waals surface area (Å²) in [6.45, 7) is 14.6. The van der Waals surface area contributed by atoms with E-state index in [4.69, 9.17) is 14.2 Å². The van der Waals surface area contributed by atoms with Crippen LogP contribution in [0.2, 0.25) is 0 Å². The molecule has 3 fully saturated rings. The smallest absolute Gasteiger partial charge is 0.410 e. The van der Waals surface area contributed by atoms with Crippen LogP contribution in [0, 0.1) is 0 Å². The maximum atomic E-state index is 13.3. The number of nitrogens with zero attached hydrogens (tertiary/aromatic N) is 3. The summed E-state index contributed by atoms with van der Waals surface area (Å²) in [5.41, 5.74) is 1.11. The van der Waals surface area contributed by atoms with E-state index in [1.165, 1.54) is 4.90 Å². The zero-order valence-electron chi connectivity index (χ0n) is 27.2. The third-order valence-corrected chi connectivity index (χ3v) is 9.13. The molecule has 1 aliphatic carbocycles. The Bertz CT molecular complexity index is 1270. The van der Waals surface area contributed by atoms with Crippen molar-refractivity contribution >= 4 is 23.7 Å². The van der Waals surface area contributed by atoms with E-state index < -0.39 is 11.6 Å². The Labute approximate surface area is 267 Å². The van der Waals surface area contributed by atoms with Gasteiger partial charge in [-0.15, -0.1) is 0 Å². The van der Waals surface area contributed by atoms with E-state index in [1.54, 1.807) is 23.1 Å². The first-order chi connectivity index (χ1) is 21.5. The summed E-state index contributed by atoms with van der Waals surface area (Å²) in [5, 5.41) is 0. The van der Waals surface area contributed by atoms with Gasteiger partial charge in [-0.3, -0.25) is 19.3 Å². The van der Waals surface area contributed by atoms with Crippen LogP contribution in [-0.4, -0.2) is 102 Å². The predicted octanol–water partition coefficient (Wildman–Crippen LogP) is 5.39. The minimum atomic E-state index is -0.478. The van der Waals surface area contributed by atoms with E-state index in [-0.39, 0.29) is 35.9 Å². The largest absolute Gasteiger partial charge is 0.494 e. The molecule has 3 aliphatic heterocycles. The lowest BCUT2D eigenvalue weighted by Gasteiger charge is -2.42. The molecular formula is C35H49N3O7. The summed E-state index contributed by atoms with van der Waals surface area (Å²) in [5.74, 6) is 0.119. The van der Waals surface area contributed by atoms with Gasteiger partial charge in [-0.05, 0) is 96.9 Å². The molecule has 45 heavy (non-hydrogen) atoms. The Balaban J connectivity index is 0.963. The first kappa shape index (κ1) is 33.1. The van der Waals surface area contributed by atoms with Crippen LogP contribution < -0.4 is 4.74 Å². The predicted molar refractivity (Wildman–Crippen MR) is 169 cm³/mol. The van der Waals surface area contributed by atoms with Crippen LogP contribution in [0.5, 0.6) is 5.75 Å². The molecule has 1 aromatic rings. The van der Waals surface area contributed by atoms with Crippen LogP contribution in [-0.2, 0) is 14.3 Å². The minimum Gasteiger partial charge on any atom is -0.494 e. The summed E-state index contributed by atoms with van der Waals surface area (Å²) in [6.07, 6.45) is 7.82. The highest BCUT2D eigenvalue weighted by Crippen LogP contribution is 2.33. The number of unbranched alkanes of at least 4 members (excludes halogenated alkanes) is 2. The molecule has 1 saturated carbocycles. The van der Waals surface area contributed by atoms with Crippen molar-refractivity contribution < 1.29 is 33.4 Å². The van der Waals surface area contributed by atoms with E-state index in [1.807, 2.05) is 20.8 Å². The van der Waals surface area contributed by atoms with E-state index in [2.05, 4.69) is 11.5 Å². The molecule has 2 saturated heterocycles. The second kappa shape index (κ2) is 14.5. The molecule has 3 amide bonds. The average molecular weight is 624 g/mol. The fourth-order valence-corrected chi connectivity index (χ4v) is 6.57. The second-order valence-electron chi connectivity index (χ2n) is 13.9. The number of piperidine rings is 1. The highest BCUT2D eigenvalue weighted by atomic mass is 16.6. The zero-order chi connectivity index (χ0) is 32.1. The Kier molecular flexibility index (Phi) is 10.6. The number of rotatable bonds is 10. The first-order valence-corrected chi connectivity index (χ1v) is 16.7. The molecule has 0 bridgehead atoms. The fraction of sp³-hybridized carbons (Fsp3) is 0.657. The number of fused-ring (bicyclic) bond motifs is 1.